The first-order chi connectivity index (χ1) is 7.63. The summed E-state index contributed by atoms with van der Waals surface area (Å²) in [6.45, 7) is 1.83. The minimum Gasteiger partial charge on any atom is -0.478 e. The minimum atomic E-state index is -0.853. The normalized spacial score (nSPS) is 11.4. The summed E-state index contributed by atoms with van der Waals surface area (Å²) in [5, 5.41) is 9.64. The van der Waals surface area contributed by atoms with Crippen LogP contribution in [0.3, 0.4) is 0 Å². The number of nitrogens with two attached hydrogens (primary N) is 1. The van der Waals surface area contributed by atoms with Crippen molar-refractivity contribution in [2.24, 2.45) is 0 Å². The molecule has 0 aromatic carbocycles. The fraction of sp³-hybridized carbons (Fsp3) is 0.273. The molecule has 0 radical (unpaired) electrons. The lowest BCUT2D eigenvalue weighted by atomic mass is 10.2. The smallest absolute Gasteiger partial charge is 0.331 e. The number of carboxylic acids is 1. The first-order valence-corrected chi connectivity index (χ1v) is 5.88. The van der Waals surface area contributed by atoms with E-state index < -0.39 is 5.97 Å². The second kappa shape index (κ2) is 6.17. The Kier molecular flexibility index (Phi) is 4.85. The van der Waals surface area contributed by atoms with Crippen molar-refractivity contribution < 1.29 is 9.90 Å². The van der Waals surface area contributed by atoms with Gasteiger partial charge in [-0.2, -0.15) is 0 Å². The maximum atomic E-state index is 10.7. The highest BCUT2D eigenvalue weighted by Gasteiger charge is 2.03. The second-order valence-electron chi connectivity index (χ2n) is 3.13. The quantitative estimate of drug-likeness (QED) is 0.607. The fourth-order valence-corrected chi connectivity index (χ4v) is 1.83. The molecule has 1 aromatic rings. The number of anilines is 1. The molecule has 0 unspecified atom stereocenters. The number of aromatic nitrogens is 1. The van der Waals surface area contributed by atoms with Gasteiger partial charge in [0.05, 0.1) is 16.9 Å². The zero-order valence-corrected chi connectivity index (χ0v) is 9.83. The number of carboxylic acid groups (broad SMARTS) is 1. The minimum absolute atomic E-state index is 0.433. The highest BCUT2D eigenvalue weighted by atomic mass is 32.2. The summed E-state index contributed by atoms with van der Waals surface area (Å²) in [5.41, 5.74) is 6.56. The molecule has 4 nitrogen and oxygen atoms in total. The summed E-state index contributed by atoms with van der Waals surface area (Å²) in [5.74, 6) is -0.250. The van der Waals surface area contributed by atoms with Crippen LogP contribution in [0, 0.1) is 0 Å². The third-order valence-corrected chi connectivity index (χ3v) is 2.85. The van der Waals surface area contributed by atoms with E-state index in [9.17, 15) is 4.79 Å². The average Bonchev–Trinajstić information content (AvgIpc) is 2.26. The topological polar surface area (TPSA) is 76.2 Å². The van der Waals surface area contributed by atoms with Crippen molar-refractivity contribution >= 4 is 23.4 Å². The van der Waals surface area contributed by atoms with E-state index in [4.69, 9.17) is 10.8 Å². The number of hydrogen-bond acceptors (Lipinski definition) is 4. The summed E-state index contributed by atoms with van der Waals surface area (Å²) in [4.78, 5) is 14.8. The SMILES string of the molecule is CCC(=CCSc1ccc(N)cn1)C(=O)O. The van der Waals surface area contributed by atoms with E-state index in [1.54, 1.807) is 18.3 Å². The number of pyridine rings is 1. The summed E-state index contributed by atoms with van der Waals surface area (Å²) >= 11 is 1.48. The molecular formula is C11H14N2O2S. The Morgan fingerprint density at radius 2 is 2.38 bits per heavy atom. The summed E-state index contributed by atoms with van der Waals surface area (Å²) in [6, 6.07) is 3.59. The number of aliphatic carboxylic acids is 1. The van der Waals surface area contributed by atoms with Crippen molar-refractivity contribution in [1.29, 1.82) is 0 Å². The highest BCUT2D eigenvalue weighted by molar-refractivity contribution is 7.99. The van der Waals surface area contributed by atoms with Gasteiger partial charge in [0.1, 0.15) is 0 Å². The standard InChI is InChI=1S/C11H14N2O2S/c1-2-8(11(14)15)5-6-16-10-4-3-9(12)7-13-10/h3-5,7H,2,6,12H2,1H3,(H,14,15). The van der Waals surface area contributed by atoms with Crippen molar-refractivity contribution in [3.63, 3.8) is 0 Å². The molecule has 0 spiro atoms. The predicted molar refractivity (Wildman–Crippen MR) is 65.4 cm³/mol. The van der Waals surface area contributed by atoms with Crippen LogP contribution in [0.4, 0.5) is 5.69 Å². The van der Waals surface area contributed by atoms with Crippen molar-refractivity contribution in [3.8, 4) is 0 Å². The molecule has 1 rings (SSSR count). The Balaban J connectivity index is 2.52. The molecule has 0 aliphatic heterocycles. The van der Waals surface area contributed by atoms with Crippen molar-refractivity contribution in [1.82, 2.24) is 4.98 Å². The lowest BCUT2D eigenvalue weighted by Crippen LogP contribution is -1.99. The lowest BCUT2D eigenvalue weighted by molar-refractivity contribution is -0.132. The van der Waals surface area contributed by atoms with E-state index in [-0.39, 0.29) is 0 Å². The van der Waals surface area contributed by atoms with Crippen LogP contribution in [0.1, 0.15) is 13.3 Å². The third-order valence-electron chi connectivity index (χ3n) is 1.98. The van der Waals surface area contributed by atoms with Crippen LogP contribution in [0.15, 0.2) is 35.0 Å². The number of hydrogen-bond donors (Lipinski definition) is 2. The molecule has 1 aromatic heterocycles. The second-order valence-corrected chi connectivity index (χ2v) is 4.17. The van der Waals surface area contributed by atoms with Gasteiger partial charge in [0.25, 0.3) is 0 Å². The molecule has 0 saturated heterocycles. The molecule has 1 heterocycles. The van der Waals surface area contributed by atoms with Gasteiger partial charge in [-0.05, 0) is 18.6 Å². The molecule has 0 aliphatic rings. The Morgan fingerprint density at radius 1 is 1.62 bits per heavy atom. The summed E-state index contributed by atoms with van der Waals surface area (Å²) in [6.07, 6.45) is 3.83. The summed E-state index contributed by atoms with van der Waals surface area (Å²) < 4.78 is 0. The molecule has 5 heteroatoms. The predicted octanol–water partition coefficient (Wildman–Crippen LogP) is 2.18. The van der Waals surface area contributed by atoms with Crippen LogP contribution in [0.25, 0.3) is 0 Å². The number of nitrogen functional groups attached to an aromatic ring is 1. The molecule has 0 fully saturated rings. The summed E-state index contributed by atoms with van der Waals surface area (Å²) in [7, 11) is 0. The Labute approximate surface area is 98.6 Å². The Hall–Kier alpha value is -1.49. The van der Waals surface area contributed by atoms with E-state index >= 15 is 0 Å². The first-order valence-electron chi connectivity index (χ1n) is 4.90. The number of rotatable bonds is 5. The van der Waals surface area contributed by atoms with Gasteiger partial charge in [0.15, 0.2) is 0 Å². The molecule has 0 bridgehead atoms. The van der Waals surface area contributed by atoms with Crippen LogP contribution >= 0.6 is 11.8 Å². The Bertz CT molecular complexity index is 387. The van der Waals surface area contributed by atoms with Crippen LogP contribution in [0.2, 0.25) is 0 Å². The van der Waals surface area contributed by atoms with E-state index in [2.05, 4.69) is 4.98 Å². The van der Waals surface area contributed by atoms with Gasteiger partial charge < -0.3 is 10.8 Å². The average molecular weight is 238 g/mol. The Morgan fingerprint density at radius 3 is 2.88 bits per heavy atom. The molecular weight excluding hydrogens is 224 g/mol. The molecule has 0 saturated carbocycles. The zero-order valence-electron chi connectivity index (χ0n) is 9.01. The van der Waals surface area contributed by atoms with Crippen LogP contribution in [0.5, 0.6) is 0 Å². The van der Waals surface area contributed by atoms with E-state index in [1.807, 2.05) is 13.0 Å². The maximum Gasteiger partial charge on any atom is 0.331 e. The van der Waals surface area contributed by atoms with Gasteiger partial charge in [-0.1, -0.05) is 13.0 Å². The fourth-order valence-electron chi connectivity index (χ4n) is 1.09. The van der Waals surface area contributed by atoms with Gasteiger partial charge in [-0.15, -0.1) is 11.8 Å². The molecule has 16 heavy (non-hydrogen) atoms. The molecule has 0 atom stereocenters. The van der Waals surface area contributed by atoms with Crippen LogP contribution in [-0.4, -0.2) is 21.8 Å². The molecule has 0 aliphatic carbocycles. The van der Waals surface area contributed by atoms with Gasteiger partial charge in [0.2, 0.25) is 0 Å². The van der Waals surface area contributed by atoms with Crippen molar-refractivity contribution in [2.45, 2.75) is 18.4 Å². The van der Waals surface area contributed by atoms with Crippen molar-refractivity contribution in [2.75, 3.05) is 11.5 Å². The van der Waals surface area contributed by atoms with Gasteiger partial charge >= 0.3 is 5.97 Å². The number of carbonyl (C=O) groups is 1. The van der Waals surface area contributed by atoms with Crippen LogP contribution in [-0.2, 0) is 4.79 Å². The molecule has 0 amide bonds. The molecule has 3 N–H and O–H groups in total. The lowest BCUT2D eigenvalue weighted by Gasteiger charge is -1.99. The molecule has 86 valence electrons. The van der Waals surface area contributed by atoms with E-state index in [0.717, 1.165) is 5.03 Å². The van der Waals surface area contributed by atoms with Crippen molar-refractivity contribution in [3.05, 3.63) is 30.0 Å². The number of nitrogens with zero attached hydrogens (tertiary/aromatic N) is 1. The van der Waals surface area contributed by atoms with Gasteiger partial charge in [0, 0.05) is 11.3 Å². The largest absolute Gasteiger partial charge is 0.478 e. The van der Waals surface area contributed by atoms with E-state index in [0.29, 0.717) is 23.4 Å². The monoisotopic (exact) mass is 238 g/mol. The third kappa shape index (κ3) is 3.94. The van der Waals surface area contributed by atoms with Gasteiger partial charge in [-0.3, -0.25) is 0 Å². The van der Waals surface area contributed by atoms with E-state index in [1.165, 1.54) is 11.8 Å². The van der Waals surface area contributed by atoms with Gasteiger partial charge in [-0.25, -0.2) is 9.78 Å². The van der Waals surface area contributed by atoms with Crippen LogP contribution < -0.4 is 5.73 Å². The highest BCUT2D eigenvalue weighted by Crippen LogP contribution is 2.17. The maximum absolute atomic E-state index is 10.7. The first kappa shape index (κ1) is 12.6. The zero-order chi connectivity index (χ0) is 12.0. The number of thioether (sulfide) groups is 1.